The van der Waals surface area contributed by atoms with E-state index in [0.717, 1.165) is 12.8 Å². The monoisotopic (exact) mass is 212 g/mol. The molecule has 0 aromatic rings. The highest BCUT2D eigenvalue weighted by Gasteiger charge is 2.19. The Balaban J connectivity index is 2.24. The van der Waals surface area contributed by atoms with Crippen LogP contribution in [0.1, 0.15) is 26.7 Å². The van der Waals surface area contributed by atoms with Crippen molar-refractivity contribution in [3.05, 3.63) is 24.2 Å². The molecule has 0 N–H and O–H groups in total. The van der Waals surface area contributed by atoms with E-state index < -0.39 is 5.97 Å². The summed E-state index contributed by atoms with van der Waals surface area (Å²) in [4.78, 5) is 11.1. The maximum absolute atomic E-state index is 11.1. The molecule has 0 radical (unpaired) electrons. The normalized spacial score (nSPS) is 18.8. The highest BCUT2D eigenvalue weighted by atomic mass is 16.7. The van der Waals surface area contributed by atoms with Crippen molar-refractivity contribution in [1.82, 2.24) is 0 Å². The molecule has 1 heterocycles. The minimum atomic E-state index is -0.418. The van der Waals surface area contributed by atoms with E-state index in [1.807, 2.05) is 6.92 Å². The molecule has 1 unspecified atom stereocenters. The van der Waals surface area contributed by atoms with Crippen LogP contribution < -0.4 is 0 Å². The maximum atomic E-state index is 11.1. The molecule has 0 saturated heterocycles. The van der Waals surface area contributed by atoms with Crippen LogP contribution in [0.3, 0.4) is 0 Å². The van der Waals surface area contributed by atoms with E-state index in [2.05, 4.69) is 6.58 Å². The first-order valence-electron chi connectivity index (χ1n) is 4.97. The first-order chi connectivity index (χ1) is 7.13. The Morgan fingerprint density at radius 2 is 2.40 bits per heavy atom. The Bertz CT molecular complexity index is 280. The lowest BCUT2D eigenvalue weighted by Crippen LogP contribution is -2.11. The minimum Gasteiger partial charge on any atom is -0.459 e. The number of hydrogen-bond donors (Lipinski definition) is 0. The highest BCUT2D eigenvalue weighted by Crippen LogP contribution is 2.18. The molecule has 0 aromatic heterocycles. The summed E-state index contributed by atoms with van der Waals surface area (Å²) in [5.41, 5.74) is 0.375. The Kier molecular flexibility index (Phi) is 4.21. The molecule has 0 bridgehead atoms. The van der Waals surface area contributed by atoms with E-state index in [-0.39, 0.29) is 12.9 Å². The predicted molar refractivity (Wildman–Crippen MR) is 54.7 cm³/mol. The third kappa shape index (κ3) is 3.65. The second-order valence-corrected chi connectivity index (χ2v) is 3.41. The van der Waals surface area contributed by atoms with E-state index >= 15 is 0 Å². The summed E-state index contributed by atoms with van der Waals surface area (Å²) in [5.74, 6) is 0.126. The topological polar surface area (TPSA) is 44.8 Å². The van der Waals surface area contributed by atoms with Gasteiger partial charge in [0, 0.05) is 12.0 Å². The van der Waals surface area contributed by atoms with Crippen LogP contribution in [0.4, 0.5) is 0 Å². The van der Waals surface area contributed by atoms with E-state index in [9.17, 15) is 4.79 Å². The molecule has 15 heavy (non-hydrogen) atoms. The molecule has 0 aromatic carbocycles. The second kappa shape index (κ2) is 5.44. The van der Waals surface area contributed by atoms with Gasteiger partial charge in [-0.1, -0.05) is 13.5 Å². The fourth-order valence-corrected chi connectivity index (χ4v) is 1.07. The van der Waals surface area contributed by atoms with Crippen molar-refractivity contribution in [2.75, 3.05) is 6.61 Å². The molecular formula is C11H16O4. The van der Waals surface area contributed by atoms with Gasteiger partial charge in [-0.05, 0) is 13.3 Å². The lowest BCUT2D eigenvalue weighted by molar-refractivity contribution is -0.139. The molecule has 4 heteroatoms. The third-order valence-electron chi connectivity index (χ3n) is 1.85. The lowest BCUT2D eigenvalue weighted by Gasteiger charge is -2.10. The standard InChI is InChI=1S/C11H16O4/c1-4-5-10-13-6-9(15-10)7-14-11(12)8(2)3/h6,10H,2,4-5,7H2,1,3H3. The van der Waals surface area contributed by atoms with Gasteiger partial charge >= 0.3 is 5.97 Å². The van der Waals surface area contributed by atoms with Gasteiger partial charge in [0.1, 0.15) is 6.26 Å². The average Bonchev–Trinajstić information content (AvgIpc) is 2.62. The highest BCUT2D eigenvalue weighted by molar-refractivity contribution is 5.86. The van der Waals surface area contributed by atoms with Crippen molar-refractivity contribution >= 4 is 5.97 Å². The van der Waals surface area contributed by atoms with Crippen LogP contribution in [0, 0.1) is 0 Å². The summed E-state index contributed by atoms with van der Waals surface area (Å²) in [5, 5.41) is 0. The van der Waals surface area contributed by atoms with Crippen LogP contribution >= 0.6 is 0 Å². The number of hydrogen-bond acceptors (Lipinski definition) is 4. The van der Waals surface area contributed by atoms with Gasteiger partial charge < -0.3 is 14.2 Å². The fourth-order valence-electron chi connectivity index (χ4n) is 1.07. The number of carbonyl (C=O) groups is 1. The first-order valence-corrected chi connectivity index (χ1v) is 4.97. The molecule has 1 aliphatic heterocycles. The van der Waals surface area contributed by atoms with Gasteiger partial charge in [0.05, 0.1) is 0 Å². The summed E-state index contributed by atoms with van der Waals surface area (Å²) in [6.07, 6.45) is 3.08. The largest absolute Gasteiger partial charge is 0.459 e. The summed E-state index contributed by atoms with van der Waals surface area (Å²) in [7, 11) is 0. The van der Waals surface area contributed by atoms with Crippen molar-refractivity contribution in [3.8, 4) is 0 Å². The molecule has 1 rings (SSSR count). The van der Waals surface area contributed by atoms with Gasteiger partial charge in [0.25, 0.3) is 0 Å². The Labute approximate surface area is 89.5 Å². The molecule has 0 saturated carbocycles. The van der Waals surface area contributed by atoms with Crippen LogP contribution in [0.5, 0.6) is 0 Å². The average molecular weight is 212 g/mol. The van der Waals surface area contributed by atoms with Crippen LogP contribution in [-0.4, -0.2) is 18.9 Å². The van der Waals surface area contributed by atoms with Gasteiger partial charge in [-0.25, -0.2) is 4.79 Å². The summed E-state index contributed by atoms with van der Waals surface area (Å²) < 4.78 is 15.5. The van der Waals surface area contributed by atoms with Crippen molar-refractivity contribution < 1.29 is 19.0 Å². The zero-order valence-electron chi connectivity index (χ0n) is 9.12. The molecular weight excluding hydrogens is 196 g/mol. The number of rotatable bonds is 5. The lowest BCUT2D eigenvalue weighted by atomic mass is 10.3. The third-order valence-corrected chi connectivity index (χ3v) is 1.85. The van der Waals surface area contributed by atoms with Gasteiger partial charge in [0.2, 0.25) is 6.29 Å². The number of carbonyl (C=O) groups excluding carboxylic acids is 1. The Morgan fingerprint density at radius 3 is 3.00 bits per heavy atom. The number of esters is 1. The van der Waals surface area contributed by atoms with Crippen molar-refractivity contribution in [1.29, 1.82) is 0 Å². The molecule has 0 amide bonds. The molecule has 1 aliphatic rings. The molecule has 0 aliphatic carbocycles. The Morgan fingerprint density at radius 1 is 1.67 bits per heavy atom. The molecule has 84 valence electrons. The van der Waals surface area contributed by atoms with Gasteiger partial charge in [0.15, 0.2) is 12.4 Å². The molecule has 0 spiro atoms. The minimum absolute atomic E-state index is 0.103. The van der Waals surface area contributed by atoms with E-state index in [1.165, 1.54) is 6.26 Å². The van der Waals surface area contributed by atoms with E-state index in [4.69, 9.17) is 14.2 Å². The van der Waals surface area contributed by atoms with Crippen LogP contribution in [0.15, 0.2) is 24.2 Å². The Hall–Kier alpha value is -1.45. The van der Waals surface area contributed by atoms with Crippen LogP contribution in [-0.2, 0) is 19.0 Å². The van der Waals surface area contributed by atoms with E-state index in [1.54, 1.807) is 6.92 Å². The zero-order valence-corrected chi connectivity index (χ0v) is 9.12. The SMILES string of the molecule is C=C(C)C(=O)OCC1=COC(CCC)O1. The van der Waals surface area contributed by atoms with Gasteiger partial charge in [-0.2, -0.15) is 0 Å². The summed E-state index contributed by atoms with van der Waals surface area (Å²) in [6.45, 7) is 7.23. The number of ether oxygens (including phenoxy) is 3. The smallest absolute Gasteiger partial charge is 0.333 e. The van der Waals surface area contributed by atoms with Crippen LogP contribution in [0.2, 0.25) is 0 Å². The zero-order chi connectivity index (χ0) is 11.3. The quantitative estimate of drug-likeness (QED) is 0.517. The predicted octanol–water partition coefficient (Wildman–Crippen LogP) is 2.12. The maximum Gasteiger partial charge on any atom is 0.333 e. The van der Waals surface area contributed by atoms with Crippen molar-refractivity contribution in [2.45, 2.75) is 33.0 Å². The van der Waals surface area contributed by atoms with Crippen LogP contribution in [0.25, 0.3) is 0 Å². The van der Waals surface area contributed by atoms with Crippen molar-refractivity contribution in [2.24, 2.45) is 0 Å². The first kappa shape index (κ1) is 11.6. The van der Waals surface area contributed by atoms with Crippen molar-refractivity contribution in [3.63, 3.8) is 0 Å². The molecule has 4 nitrogen and oxygen atoms in total. The molecule has 1 atom stereocenters. The van der Waals surface area contributed by atoms with E-state index in [0.29, 0.717) is 11.3 Å². The molecule has 0 fully saturated rings. The van der Waals surface area contributed by atoms with Gasteiger partial charge in [-0.3, -0.25) is 0 Å². The second-order valence-electron chi connectivity index (χ2n) is 3.41. The summed E-state index contributed by atoms with van der Waals surface area (Å²) in [6, 6.07) is 0. The fraction of sp³-hybridized carbons (Fsp3) is 0.545. The van der Waals surface area contributed by atoms with Gasteiger partial charge in [-0.15, -0.1) is 0 Å². The summed E-state index contributed by atoms with van der Waals surface area (Å²) >= 11 is 0.